The molecule has 2 rings (SSSR count). The molecular formula is C22H29NO2. The summed E-state index contributed by atoms with van der Waals surface area (Å²) in [4.78, 5) is 12.4. The topological polar surface area (TPSA) is 38.3 Å². The summed E-state index contributed by atoms with van der Waals surface area (Å²) in [6, 6.07) is 14.5. The normalized spacial score (nSPS) is 11.8. The van der Waals surface area contributed by atoms with E-state index in [1.165, 1.54) is 22.3 Å². The Kier molecular flexibility index (Phi) is 7.05. The van der Waals surface area contributed by atoms with Crippen LogP contribution in [0, 0.1) is 20.8 Å². The minimum absolute atomic E-state index is 0.0374. The second-order valence-electron chi connectivity index (χ2n) is 6.64. The van der Waals surface area contributed by atoms with Crippen LogP contribution < -0.4 is 10.1 Å². The molecule has 1 amide bonds. The number of nitrogens with one attached hydrogen (secondary N) is 1. The molecule has 0 saturated carbocycles. The lowest BCUT2D eigenvalue weighted by Crippen LogP contribution is -2.38. The molecule has 0 fully saturated rings. The molecule has 0 aliphatic rings. The highest BCUT2D eigenvalue weighted by Crippen LogP contribution is 2.18. The standard InChI is InChI=1S/C22H29NO2/c1-5-21(25-20-13-10-17(3)18(4)15-20)22(24)23-14-6-7-19-11-8-16(2)9-12-19/h8-13,15,21H,5-7,14H2,1-4H3,(H,23,24)/t21-/m1/s1. The van der Waals surface area contributed by atoms with Crippen LogP contribution in [0.15, 0.2) is 42.5 Å². The van der Waals surface area contributed by atoms with E-state index in [4.69, 9.17) is 4.74 Å². The molecule has 3 heteroatoms. The van der Waals surface area contributed by atoms with Crippen LogP contribution in [0.3, 0.4) is 0 Å². The molecule has 2 aromatic carbocycles. The summed E-state index contributed by atoms with van der Waals surface area (Å²) >= 11 is 0. The lowest BCUT2D eigenvalue weighted by Gasteiger charge is -2.18. The second kappa shape index (κ2) is 9.26. The van der Waals surface area contributed by atoms with Crippen LogP contribution in [-0.4, -0.2) is 18.6 Å². The van der Waals surface area contributed by atoms with E-state index < -0.39 is 6.10 Å². The third kappa shape index (κ3) is 5.93. The van der Waals surface area contributed by atoms with Gasteiger partial charge in [-0.15, -0.1) is 0 Å². The summed E-state index contributed by atoms with van der Waals surface area (Å²) in [5.41, 5.74) is 4.97. The van der Waals surface area contributed by atoms with Gasteiger partial charge >= 0.3 is 0 Å². The summed E-state index contributed by atoms with van der Waals surface area (Å²) in [5, 5.41) is 3.00. The molecule has 0 spiro atoms. The van der Waals surface area contributed by atoms with E-state index in [9.17, 15) is 4.79 Å². The fourth-order valence-electron chi connectivity index (χ4n) is 2.65. The predicted octanol–water partition coefficient (Wildman–Crippen LogP) is 4.52. The minimum atomic E-state index is -0.443. The minimum Gasteiger partial charge on any atom is -0.481 e. The van der Waals surface area contributed by atoms with Gasteiger partial charge in [0.05, 0.1) is 0 Å². The first-order valence-corrected chi connectivity index (χ1v) is 9.06. The third-order valence-electron chi connectivity index (χ3n) is 4.48. The van der Waals surface area contributed by atoms with Gasteiger partial charge in [0.1, 0.15) is 5.75 Å². The molecule has 25 heavy (non-hydrogen) atoms. The van der Waals surface area contributed by atoms with Crippen molar-refractivity contribution in [3.8, 4) is 5.75 Å². The Hall–Kier alpha value is -2.29. The fourth-order valence-corrected chi connectivity index (χ4v) is 2.65. The van der Waals surface area contributed by atoms with E-state index in [0.29, 0.717) is 13.0 Å². The van der Waals surface area contributed by atoms with Crippen molar-refractivity contribution >= 4 is 5.91 Å². The molecule has 0 saturated heterocycles. The van der Waals surface area contributed by atoms with Crippen molar-refractivity contribution in [2.45, 2.75) is 53.1 Å². The largest absolute Gasteiger partial charge is 0.481 e. The first kappa shape index (κ1) is 19.0. The number of hydrogen-bond acceptors (Lipinski definition) is 2. The molecule has 2 aromatic rings. The van der Waals surface area contributed by atoms with Crippen molar-refractivity contribution in [1.29, 1.82) is 0 Å². The molecule has 0 heterocycles. The highest BCUT2D eigenvalue weighted by molar-refractivity contribution is 5.81. The van der Waals surface area contributed by atoms with Crippen LogP contribution >= 0.6 is 0 Å². The Morgan fingerprint density at radius 2 is 1.76 bits per heavy atom. The summed E-state index contributed by atoms with van der Waals surface area (Å²) in [5.74, 6) is 0.717. The van der Waals surface area contributed by atoms with Crippen LogP contribution in [0.2, 0.25) is 0 Å². The lowest BCUT2D eigenvalue weighted by molar-refractivity contribution is -0.128. The van der Waals surface area contributed by atoms with Gasteiger partial charge in [0, 0.05) is 6.54 Å². The van der Waals surface area contributed by atoms with E-state index in [1.807, 2.05) is 32.0 Å². The molecule has 0 aliphatic carbocycles. The molecular weight excluding hydrogens is 310 g/mol. The van der Waals surface area contributed by atoms with Gasteiger partial charge in [-0.1, -0.05) is 42.8 Å². The zero-order valence-electron chi connectivity index (χ0n) is 15.8. The quantitative estimate of drug-likeness (QED) is 0.718. The molecule has 0 radical (unpaired) electrons. The van der Waals surface area contributed by atoms with E-state index in [-0.39, 0.29) is 5.91 Å². The number of carbonyl (C=O) groups is 1. The van der Waals surface area contributed by atoms with Crippen LogP contribution in [0.5, 0.6) is 5.75 Å². The maximum Gasteiger partial charge on any atom is 0.261 e. The van der Waals surface area contributed by atoms with Gasteiger partial charge in [0.15, 0.2) is 6.10 Å². The summed E-state index contributed by atoms with van der Waals surface area (Å²) < 4.78 is 5.88. The highest BCUT2D eigenvalue weighted by atomic mass is 16.5. The number of rotatable bonds is 8. The van der Waals surface area contributed by atoms with Crippen molar-refractivity contribution in [2.75, 3.05) is 6.54 Å². The van der Waals surface area contributed by atoms with Gasteiger partial charge < -0.3 is 10.1 Å². The second-order valence-corrected chi connectivity index (χ2v) is 6.64. The zero-order chi connectivity index (χ0) is 18.2. The molecule has 1 atom stereocenters. The van der Waals surface area contributed by atoms with Gasteiger partial charge in [-0.25, -0.2) is 0 Å². The van der Waals surface area contributed by atoms with E-state index in [2.05, 4.69) is 43.4 Å². The van der Waals surface area contributed by atoms with Gasteiger partial charge in [-0.3, -0.25) is 4.79 Å². The van der Waals surface area contributed by atoms with Crippen molar-refractivity contribution in [3.05, 3.63) is 64.7 Å². The number of amides is 1. The Morgan fingerprint density at radius 1 is 1.04 bits per heavy atom. The summed E-state index contributed by atoms with van der Waals surface area (Å²) in [7, 11) is 0. The van der Waals surface area contributed by atoms with Crippen molar-refractivity contribution < 1.29 is 9.53 Å². The molecule has 3 nitrogen and oxygen atoms in total. The van der Waals surface area contributed by atoms with Crippen molar-refractivity contribution in [3.63, 3.8) is 0 Å². The maximum absolute atomic E-state index is 12.4. The molecule has 0 aliphatic heterocycles. The van der Waals surface area contributed by atoms with Crippen LogP contribution in [-0.2, 0) is 11.2 Å². The molecule has 0 bridgehead atoms. The highest BCUT2D eigenvalue weighted by Gasteiger charge is 2.17. The van der Waals surface area contributed by atoms with Gasteiger partial charge in [-0.2, -0.15) is 0 Å². The number of carbonyl (C=O) groups excluding carboxylic acids is 1. The predicted molar refractivity (Wildman–Crippen MR) is 103 cm³/mol. The number of hydrogen-bond donors (Lipinski definition) is 1. The molecule has 1 N–H and O–H groups in total. The Bertz CT molecular complexity index is 692. The molecule has 0 unspecified atom stereocenters. The van der Waals surface area contributed by atoms with Gasteiger partial charge in [-0.05, 0) is 68.9 Å². The van der Waals surface area contributed by atoms with Gasteiger partial charge in [0.2, 0.25) is 0 Å². The monoisotopic (exact) mass is 339 g/mol. The third-order valence-corrected chi connectivity index (χ3v) is 4.48. The Balaban J connectivity index is 1.79. The maximum atomic E-state index is 12.4. The number of ether oxygens (including phenoxy) is 1. The zero-order valence-corrected chi connectivity index (χ0v) is 15.8. The fraction of sp³-hybridized carbons (Fsp3) is 0.409. The van der Waals surface area contributed by atoms with E-state index in [0.717, 1.165) is 18.6 Å². The summed E-state index contributed by atoms with van der Waals surface area (Å²) in [6.45, 7) is 8.84. The SMILES string of the molecule is CC[C@@H](Oc1ccc(C)c(C)c1)C(=O)NCCCc1ccc(C)cc1. The van der Waals surface area contributed by atoms with Gasteiger partial charge in [0.25, 0.3) is 5.91 Å². The average molecular weight is 339 g/mol. The number of benzene rings is 2. The van der Waals surface area contributed by atoms with E-state index >= 15 is 0 Å². The Morgan fingerprint density at radius 3 is 2.40 bits per heavy atom. The van der Waals surface area contributed by atoms with Crippen molar-refractivity contribution in [1.82, 2.24) is 5.32 Å². The summed E-state index contributed by atoms with van der Waals surface area (Å²) in [6.07, 6.45) is 2.10. The Labute approximate surface area is 151 Å². The lowest BCUT2D eigenvalue weighted by atomic mass is 10.1. The van der Waals surface area contributed by atoms with E-state index in [1.54, 1.807) is 0 Å². The number of aryl methyl sites for hydroxylation is 4. The molecule has 134 valence electrons. The van der Waals surface area contributed by atoms with Crippen LogP contribution in [0.1, 0.15) is 42.0 Å². The van der Waals surface area contributed by atoms with Crippen LogP contribution in [0.25, 0.3) is 0 Å². The first-order chi connectivity index (χ1) is 12.0. The van der Waals surface area contributed by atoms with Crippen molar-refractivity contribution in [2.24, 2.45) is 0 Å². The molecule has 0 aromatic heterocycles. The smallest absolute Gasteiger partial charge is 0.261 e. The first-order valence-electron chi connectivity index (χ1n) is 9.06. The average Bonchev–Trinajstić information content (AvgIpc) is 2.61. The van der Waals surface area contributed by atoms with Crippen LogP contribution in [0.4, 0.5) is 0 Å².